The zero-order chi connectivity index (χ0) is 10.6. The molecule has 0 saturated heterocycles. The summed E-state index contributed by atoms with van der Waals surface area (Å²) in [4.78, 5) is 11.1. The lowest BCUT2D eigenvalue weighted by Gasteiger charge is -2.08. The van der Waals surface area contributed by atoms with Crippen molar-refractivity contribution < 1.29 is 14.7 Å². The summed E-state index contributed by atoms with van der Waals surface area (Å²) in [7, 11) is 2.88. The number of methoxy groups -OCH3 is 1. The Kier molecular flexibility index (Phi) is 3.48. The highest BCUT2D eigenvalue weighted by Gasteiger charge is 2.07. The molecule has 0 spiro atoms. The van der Waals surface area contributed by atoms with Crippen molar-refractivity contribution in [3.8, 4) is 5.75 Å². The molecule has 0 aliphatic rings. The Labute approximate surface area is 82.7 Å². The summed E-state index contributed by atoms with van der Waals surface area (Å²) >= 11 is 0. The Hall–Kier alpha value is -1.55. The van der Waals surface area contributed by atoms with E-state index in [4.69, 9.17) is 9.94 Å². The van der Waals surface area contributed by atoms with Crippen molar-refractivity contribution in [1.29, 1.82) is 0 Å². The van der Waals surface area contributed by atoms with Gasteiger partial charge in [-0.2, -0.15) is 0 Å². The van der Waals surface area contributed by atoms with E-state index in [9.17, 15) is 4.79 Å². The molecule has 76 valence electrons. The third-order valence-corrected chi connectivity index (χ3v) is 1.85. The second-order valence-electron chi connectivity index (χ2n) is 2.95. The minimum atomic E-state index is -0.349. The zero-order valence-corrected chi connectivity index (χ0v) is 8.23. The van der Waals surface area contributed by atoms with Crippen LogP contribution in [0.5, 0.6) is 5.75 Å². The molecule has 0 saturated carbocycles. The van der Waals surface area contributed by atoms with E-state index >= 15 is 0 Å². The lowest BCUT2D eigenvalue weighted by atomic mass is 10.1. The van der Waals surface area contributed by atoms with Crippen LogP contribution in [0.1, 0.15) is 5.56 Å². The highest BCUT2D eigenvalue weighted by Crippen LogP contribution is 2.13. The van der Waals surface area contributed by atoms with Crippen molar-refractivity contribution in [3.05, 3.63) is 29.8 Å². The molecule has 0 bridgehead atoms. The van der Waals surface area contributed by atoms with Crippen molar-refractivity contribution >= 4 is 5.91 Å². The summed E-state index contributed by atoms with van der Waals surface area (Å²) in [6, 6.07) is 7.18. The maximum absolute atomic E-state index is 11.1. The Morgan fingerprint density at radius 3 is 2.86 bits per heavy atom. The quantitative estimate of drug-likeness (QED) is 0.580. The maximum atomic E-state index is 11.1. The molecule has 0 heterocycles. The first-order chi connectivity index (χ1) is 6.63. The second-order valence-corrected chi connectivity index (χ2v) is 2.95. The summed E-state index contributed by atoms with van der Waals surface area (Å²) in [6.45, 7) is 0. The molecule has 4 nitrogen and oxygen atoms in total. The van der Waals surface area contributed by atoms with Gasteiger partial charge in [0.2, 0.25) is 5.91 Å². The van der Waals surface area contributed by atoms with Crippen molar-refractivity contribution in [2.24, 2.45) is 0 Å². The van der Waals surface area contributed by atoms with Gasteiger partial charge in [0.1, 0.15) is 5.75 Å². The van der Waals surface area contributed by atoms with Crippen LogP contribution in [0.2, 0.25) is 0 Å². The molecule has 0 atom stereocenters. The Morgan fingerprint density at radius 1 is 1.57 bits per heavy atom. The van der Waals surface area contributed by atoms with Gasteiger partial charge in [0.05, 0.1) is 13.5 Å². The van der Waals surface area contributed by atoms with E-state index in [-0.39, 0.29) is 12.3 Å². The highest BCUT2D eigenvalue weighted by atomic mass is 16.5. The number of ether oxygens (including phenoxy) is 1. The van der Waals surface area contributed by atoms with Crippen LogP contribution in [0.25, 0.3) is 0 Å². The Morgan fingerprint density at radius 2 is 2.29 bits per heavy atom. The first kappa shape index (κ1) is 10.5. The molecule has 1 rings (SSSR count). The molecule has 0 aromatic heterocycles. The number of amides is 1. The lowest BCUT2D eigenvalue weighted by molar-refractivity contribution is -0.158. The molecule has 14 heavy (non-hydrogen) atoms. The number of hydroxylamine groups is 2. The van der Waals surface area contributed by atoms with E-state index in [1.807, 2.05) is 6.07 Å². The number of carbonyl (C=O) groups is 1. The Bertz CT molecular complexity index is 323. The maximum Gasteiger partial charge on any atom is 0.250 e. The number of nitrogens with zero attached hydrogens (tertiary/aromatic N) is 1. The molecular weight excluding hydrogens is 182 g/mol. The minimum absolute atomic E-state index is 0.171. The van der Waals surface area contributed by atoms with Gasteiger partial charge in [0.25, 0.3) is 0 Å². The van der Waals surface area contributed by atoms with E-state index in [0.717, 1.165) is 5.56 Å². The van der Waals surface area contributed by atoms with Crippen LogP contribution in [0, 0.1) is 0 Å². The summed E-state index contributed by atoms with van der Waals surface area (Å²) < 4.78 is 5.01. The molecule has 0 aliphatic heterocycles. The van der Waals surface area contributed by atoms with Gasteiger partial charge >= 0.3 is 0 Å². The smallest absolute Gasteiger partial charge is 0.250 e. The standard InChI is InChI=1S/C10H13NO3/c1-11(13)10(12)7-8-4-3-5-9(6-8)14-2/h3-6,13H,7H2,1-2H3. The first-order valence-corrected chi connectivity index (χ1v) is 4.22. The van der Waals surface area contributed by atoms with E-state index in [1.54, 1.807) is 25.3 Å². The van der Waals surface area contributed by atoms with Gasteiger partial charge in [0.15, 0.2) is 0 Å². The van der Waals surface area contributed by atoms with Crippen LogP contribution in [0.15, 0.2) is 24.3 Å². The lowest BCUT2D eigenvalue weighted by Crippen LogP contribution is -2.24. The molecule has 1 amide bonds. The average molecular weight is 195 g/mol. The van der Waals surface area contributed by atoms with Crippen LogP contribution in [0.3, 0.4) is 0 Å². The Balaban J connectivity index is 2.72. The second kappa shape index (κ2) is 4.62. The predicted octanol–water partition coefficient (Wildman–Crippen LogP) is 1.09. The van der Waals surface area contributed by atoms with Gasteiger partial charge in [-0.15, -0.1) is 0 Å². The summed E-state index contributed by atoms with van der Waals surface area (Å²) in [5.74, 6) is 0.356. The zero-order valence-electron chi connectivity index (χ0n) is 8.23. The molecular formula is C10H13NO3. The third-order valence-electron chi connectivity index (χ3n) is 1.85. The largest absolute Gasteiger partial charge is 0.497 e. The average Bonchev–Trinajstić information content (AvgIpc) is 2.18. The fourth-order valence-corrected chi connectivity index (χ4v) is 1.07. The number of rotatable bonds is 3. The monoisotopic (exact) mass is 195 g/mol. The molecule has 0 unspecified atom stereocenters. The summed E-state index contributed by atoms with van der Waals surface area (Å²) in [6.07, 6.45) is 0.171. The van der Waals surface area contributed by atoms with E-state index in [2.05, 4.69) is 0 Å². The molecule has 1 aromatic rings. The number of likely N-dealkylation sites (N-methyl/N-ethyl adjacent to an activating group) is 1. The molecule has 0 aliphatic carbocycles. The van der Waals surface area contributed by atoms with E-state index < -0.39 is 0 Å². The molecule has 4 heteroatoms. The van der Waals surface area contributed by atoms with Gasteiger partial charge < -0.3 is 4.74 Å². The number of benzene rings is 1. The minimum Gasteiger partial charge on any atom is -0.497 e. The van der Waals surface area contributed by atoms with Crippen LogP contribution in [0.4, 0.5) is 0 Å². The SMILES string of the molecule is COc1cccc(CC(=O)N(C)O)c1. The molecule has 0 fully saturated rings. The van der Waals surface area contributed by atoms with Crippen LogP contribution >= 0.6 is 0 Å². The van der Waals surface area contributed by atoms with Crippen molar-refractivity contribution in [2.45, 2.75) is 6.42 Å². The van der Waals surface area contributed by atoms with E-state index in [0.29, 0.717) is 10.8 Å². The van der Waals surface area contributed by atoms with Crippen molar-refractivity contribution in [2.75, 3.05) is 14.2 Å². The molecule has 1 aromatic carbocycles. The number of carbonyl (C=O) groups excluding carboxylic acids is 1. The predicted molar refractivity (Wildman–Crippen MR) is 51.3 cm³/mol. The fraction of sp³-hybridized carbons (Fsp3) is 0.300. The van der Waals surface area contributed by atoms with Gasteiger partial charge in [-0.05, 0) is 17.7 Å². The summed E-state index contributed by atoms with van der Waals surface area (Å²) in [5, 5.41) is 9.44. The van der Waals surface area contributed by atoms with Gasteiger partial charge in [0, 0.05) is 7.05 Å². The number of hydrogen-bond donors (Lipinski definition) is 1. The topological polar surface area (TPSA) is 49.8 Å². The van der Waals surface area contributed by atoms with Crippen LogP contribution in [-0.2, 0) is 11.2 Å². The van der Waals surface area contributed by atoms with Gasteiger partial charge in [-0.1, -0.05) is 12.1 Å². The normalized spacial score (nSPS) is 9.64. The fourth-order valence-electron chi connectivity index (χ4n) is 1.07. The first-order valence-electron chi connectivity index (χ1n) is 4.22. The molecule has 1 N–H and O–H groups in total. The van der Waals surface area contributed by atoms with Crippen LogP contribution in [-0.4, -0.2) is 30.3 Å². The van der Waals surface area contributed by atoms with Crippen molar-refractivity contribution in [1.82, 2.24) is 5.06 Å². The third kappa shape index (κ3) is 2.74. The number of hydrogen-bond acceptors (Lipinski definition) is 3. The van der Waals surface area contributed by atoms with Crippen molar-refractivity contribution in [3.63, 3.8) is 0 Å². The van der Waals surface area contributed by atoms with Gasteiger partial charge in [-0.25, -0.2) is 5.06 Å². The summed E-state index contributed by atoms with van der Waals surface area (Å²) in [5.41, 5.74) is 0.815. The van der Waals surface area contributed by atoms with Crippen LogP contribution < -0.4 is 4.74 Å². The highest BCUT2D eigenvalue weighted by molar-refractivity contribution is 5.77. The van der Waals surface area contributed by atoms with Gasteiger partial charge in [-0.3, -0.25) is 10.0 Å². The van der Waals surface area contributed by atoms with E-state index in [1.165, 1.54) is 7.05 Å². The molecule has 0 radical (unpaired) electrons.